The van der Waals surface area contributed by atoms with E-state index in [-0.39, 0.29) is 5.97 Å². The minimum atomic E-state index is -0.682. The first-order valence-corrected chi connectivity index (χ1v) is 9.36. The maximum absolute atomic E-state index is 11.6. The standard InChI is InChI=1S/C22H32O4/c1-5-6-12-17-26-20-15-10-9-13-18(20)19(23)14-8-7-11-16-22(2,3)21(24)25-4/h9-10,13,15,19,23H,5-6,11-12,14,16-17H2,1-4H3. The summed E-state index contributed by atoms with van der Waals surface area (Å²) in [5, 5.41) is 10.4. The van der Waals surface area contributed by atoms with Crippen molar-refractivity contribution in [1.82, 2.24) is 0 Å². The van der Waals surface area contributed by atoms with Crippen molar-refractivity contribution in [3.05, 3.63) is 29.8 Å². The van der Waals surface area contributed by atoms with Crippen LogP contribution in [0.1, 0.15) is 71.0 Å². The fourth-order valence-electron chi connectivity index (χ4n) is 2.54. The van der Waals surface area contributed by atoms with Crippen LogP contribution in [-0.2, 0) is 9.53 Å². The third kappa shape index (κ3) is 7.49. The normalized spacial score (nSPS) is 12.0. The van der Waals surface area contributed by atoms with Crippen LogP contribution in [0, 0.1) is 17.3 Å². The van der Waals surface area contributed by atoms with Gasteiger partial charge >= 0.3 is 5.97 Å². The average molecular weight is 360 g/mol. The number of methoxy groups -OCH3 is 1. The Labute approximate surface area is 157 Å². The first-order chi connectivity index (χ1) is 12.4. The van der Waals surface area contributed by atoms with Gasteiger partial charge in [-0.25, -0.2) is 0 Å². The van der Waals surface area contributed by atoms with Gasteiger partial charge in [0.1, 0.15) is 5.75 Å². The molecular formula is C22H32O4. The third-order valence-corrected chi connectivity index (χ3v) is 4.32. The van der Waals surface area contributed by atoms with Crippen LogP contribution in [0.3, 0.4) is 0 Å². The molecule has 1 aromatic carbocycles. The molecule has 0 bridgehead atoms. The van der Waals surface area contributed by atoms with E-state index in [1.807, 2.05) is 38.1 Å². The van der Waals surface area contributed by atoms with Crippen molar-refractivity contribution in [2.24, 2.45) is 5.41 Å². The summed E-state index contributed by atoms with van der Waals surface area (Å²) in [5.74, 6) is 6.55. The minimum Gasteiger partial charge on any atom is -0.493 e. The van der Waals surface area contributed by atoms with Crippen LogP contribution in [0.5, 0.6) is 5.75 Å². The zero-order valence-corrected chi connectivity index (χ0v) is 16.5. The number of hydrogen-bond donors (Lipinski definition) is 1. The van der Waals surface area contributed by atoms with Gasteiger partial charge in [0, 0.05) is 18.4 Å². The van der Waals surface area contributed by atoms with Gasteiger partial charge in [0.2, 0.25) is 0 Å². The molecule has 1 aromatic rings. The molecular weight excluding hydrogens is 328 g/mol. The van der Waals surface area contributed by atoms with Crippen LogP contribution in [0.4, 0.5) is 0 Å². The van der Waals surface area contributed by atoms with Gasteiger partial charge in [-0.15, -0.1) is 11.8 Å². The number of aliphatic hydroxyl groups excluding tert-OH is 1. The molecule has 26 heavy (non-hydrogen) atoms. The summed E-state index contributed by atoms with van der Waals surface area (Å²) in [7, 11) is 1.40. The molecule has 0 aromatic heterocycles. The van der Waals surface area contributed by atoms with Crippen molar-refractivity contribution in [2.45, 2.75) is 65.4 Å². The molecule has 4 nitrogen and oxygen atoms in total. The Hall–Kier alpha value is -1.99. The number of para-hydroxylation sites is 1. The van der Waals surface area contributed by atoms with Crippen LogP contribution >= 0.6 is 0 Å². The number of hydrogen-bond acceptors (Lipinski definition) is 4. The predicted octanol–water partition coefficient (Wildman–Crippen LogP) is 4.66. The van der Waals surface area contributed by atoms with Crippen molar-refractivity contribution in [2.75, 3.05) is 13.7 Å². The smallest absolute Gasteiger partial charge is 0.311 e. The fraction of sp³-hybridized carbons (Fsp3) is 0.591. The lowest BCUT2D eigenvalue weighted by atomic mass is 9.88. The molecule has 144 valence electrons. The number of carbonyl (C=O) groups excluding carboxylic acids is 1. The van der Waals surface area contributed by atoms with Crippen LogP contribution in [0.15, 0.2) is 24.3 Å². The van der Waals surface area contributed by atoms with Crippen molar-refractivity contribution in [1.29, 1.82) is 0 Å². The number of unbranched alkanes of at least 4 members (excludes halogenated alkanes) is 2. The predicted molar refractivity (Wildman–Crippen MR) is 104 cm³/mol. The Morgan fingerprint density at radius 3 is 2.65 bits per heavy atom. The second-order valence-electron chi connectivity index (χ2n) is 7.04. The Morgan fingerprint density at radius 1 is 1.23 bits per heavy atom. The van der Waals surface area contributed by atoms with E-state index >= 15 is 0 Å². The second-order valence-corrected chi connectivity index (χ2v) is 7.04. The molecule has 0 radical (unpaired) electrons. The molecule has 0 saturated carbocycles. The summed E-state index contributed by atoms with van der Waals surface area (Å²) >= 11 is 0. The number of benzene rings is 1. The fourth-order valence-corrected chi connectivity index (χ4v) is 2.54. The highest BCUT2D eigenvalue weighted by molar-refractivity contribution is 5.75. The molecule has 1 rings (SSSR count). The summed E-state index contributed by atoms with van der Waals surface area (Å²) in [6.45, 7) is 6.51. The van der Waals surface area contributed by atoms with E-state index in [0.29, 0.717) is 25.9 Å². The zero-order chi connectivity index (χ0) is 19.4. The first-order valence-electron chi connectivity index (χ1n) is 9.36. The van der Waals surface area contributed by atoms with Crippen LogP contribution in [-0.4, -0.2) is 24.8 Å². The third-order valence-electron chi connectivity index (χ3n) is 4.32. The SMILES string of the molecule is CCCCCOc1ccccc1C(O)CC#CCCC(C)(C)C(=O)OC. The summed E-state index contributed by atoms with van der Waals surface area (Å²) in [6.07, 6.45) is 4.17. The Balaban J connectivity index is 2.54. The largest absolute Gasteiger partial charge is 0.493 e. The summed E-state index contributed by atoms with van der Waals surface area (Å²) in [4.78, 5) is 11.6. The summed E-state index contributed by atoms with van der Waals surface area (Å²) < 4.78 is 10.6. The van der Waals surface area contributed by atoms with Crippen molar-refractivity contribution in [3.8, 4) is 17.6 Å². The van der Waals surface area contributed by atoms with Gasteiger partial charge in [-0.2, -0.15) is 0 Å². The van der Waals surface area contributed by atoms with E-state index in [9.17, 15) is 9.90 Å². The topological polar surface area (TPSA) is 55.8 Å². The summed E-state index contributed by atoms with van der Waals surface area (Å²) in [6, 6.07) is 7.56. The van der Waals surface area contributed by atoms with Crippen molar-refractivity contribution < 1.29 is 19.4 Å². The molecule has 0 aliphatic rings. The highest BCUT2D eigenvalue weighted by Crippen LogP contribution is 2.27. The molecule has 1 unspecified atom stereocenters. The Kier molecular flexibility index (Phi) is 9.83. The molecule has 4 heteroatoms. The van der Waals surface area contributed by atoms with Crippen molar-refractivity contribution in [3.63, 3.8) is 0 Å². The van der Waals surface area contributed by atoms with Gasteiger partial charge in [0.15, 0.2) is 0 Å². The summed E-state index contributed by atoms with van der Waals surface area (Å²) in [5.41, 5.74) is 0.231. The number of esters is 1. The van der Waals surface area contributed by atoms with Gasteiger partial charge in [-0.05, 0) is 32.8 Å². The van der Waals surface area contributed by atoms with Crippen LogP contribution in [0.2, 0.25) is 0 Å². The number of ether oxygens (including phenoxy) is 2. The lowest BCUT2D eigenvalue weighted by molar-refractivity contribution is -0.151. The first kappa shape index (κ1) is 22.1. The van der Waals surface area contributed by atoms with E-state index in [1.54, 1.807) is 0 Å². The maximum atomic E-state index is 11.6. The monoisotopic (exact) mass is 360 g/mol. The van der Waals surface area contributed by atoms with Gasteiger partial charge < -0.3 is 14.6 Å². The number of rotatable bonds is 10. The Bertz CT molecular complexity index is 610. The lowest BCUT2D eigenvalue weighted by Crippen LogP contribution is -2.25. The molecule has 0 saturated heterocycles. The molecule has 1 N–H and O–H groups in total. The molecule has 0 aliphatic carbocycles. The minimum absolute atomic E-state index is 0.228. The van der Waals surface area contributed by atoms with E-state index < -0.39 is 11.5 Å². The van der Waals surface area contributed by atoms with Crippen molar-refractivity contribution >= 4 is 5.97 Å². The van der Waals surface area contributed by atoms with E-state index in [4.69, 9.17) is 9.47 Å². The molecule has 0 heterocycles. The lowest BCUT2D eigenvalue weighted by Gasteiger charge is -2.19. The highest BCUT2D eigenvalue weighted by atomic mass is 16.5. The van der Waals surface area contributed by atoms with Gasteiger partial charge in [-0.1, -0.05) is 38.0 Å². The van der Waals surface area contributed by atoms with E-state index in [2.05, 4.69) is 18.8 Å². The van der Waals surface area contributed by atoms with E-state index in [0.717, 1.165) is 30.6 Å². The van der Waals surface area contributed by atoms with Crippen LogP contribution in [0.25, 0.3) is 0 Å². The molecule has 0 amide bonds. The van der Waals surface area contributed by atoms with Gasteiger partial charge in [0.25, 0.3) is 0 Å². The number of aliphatic hydroxyl groups is 1. The molecule has 1 atom stereocenters. The molecule has 0 spiro atoms. The second kappa shape index (κ2) is 11.6. The van der Waals surface area contributed by atoms with Gasteiger partial charge in [-0.3, -0.25) is 4.79 Å². The maximum Gasteiger partial charge on any atom is 0.311 e. The molecule has 0 fully saturated rings. The van der Waals surface area contributed by atoms with E-state index in [1.165, 1.54) is 7.11 Å². The quantitative estimate of drug-likeness (QED) is 0.374. The van der Waals surface area contributed by atoms with Gasteiger partial charge in [0.05, 0.1) is 25.2 Å². The highest BCUT2D eigenvalue weighted by Gasteiger charge is 2.27. The van der Waals surface area contributed by atoms with Crippen LogP contribution < -0.4 is 4.74 Å². The average Bonchev–Trinajstić information content (AvgIpc) is 2.64. The molecule has 0 aliphatic heterocycles. The zero-order valence-electron chi connectivity index (χ0n) is 16.5. The number of carbonyl (C=O) groups is 1. The Morgan fingerprint density at radius 2 is 1.96 bits per heavy atom.